The van der Waals surface area contributed by atoms with Crippen molar-refractivity contribution >= 4 is 12.3 Å². The fraction of sp³-hybridized carbons (Fsp3) is 0.125. The number of hydrogen-bond acceptors (Lipinski definition) is 3. The molecule has 0 saturated carbocycles. The summed E-state index contributed by atoms with van der Waals surface area (Å²) in [7, 11) is 0. The lowest BCUT2D eigenvalue weighted by molar-refractivity contribution is -0.131. The van der Waals surface area contributed by atoms with Crippen LogP contribution in [0.4, 0.5) is 0 Å². The van der Waals surface area contributed by atoms with Crippen LogP contribution in [0.2, 0.25) is 0 Å². The first-order valence-electron chi connectivity index (χ1n) is 5.93. The Hall–Kier alpha value is -2.42. The van der Waals surface area contributed by atoms with Crippen molar-refractivity contribution in [1.82, 2.24) is 0 Å². The molecule has 98 valence electrons. The summed E-state index contributed by atoms with van der Waals surface area (Å²) in [5, 5.41) is 0. The fourth-order valence-electron chi connectivity index (χ4n) is 1.36. The van der Waals surface area contributed by atoms with Crippen LogP contribution in [0.3, 0.4) is 0 Å². The molecule has 0 N–H and O–H groups in total. The van der Waals surface area contributed by atoms with E-state index < -0.39 is 0 Å². The normalized spacial score (nSPS) is 8.89. The van der Waals surface area contributed by atoms with Gasteiger partial charge in [0.1, 0.15) is 12.0 Å². The summed E-state index contributed by atoms with van der Waals surface area (Å²) in [5.41, 5.74) is 1.08. The van der Waals surface area contributed by atoms with Gasteiger partial charge < -0.3 is 9.53 Å². The molecule has 3 nitrogen and oxygen atoms in total. The third-order valence-corrected chi connectivity index (χ3v) is 2.17. The van der Waals surface area contributed by atoms with Crippen LogP contribution in [0.15, 0.2) is 60.7 Å². The van der Waals surface area contributed by atoms with Crippen LogP contribution in [0.25, 0.3) is 0 Å². The molecule has 0 aliphatic heterocycles. The summed E-state index contributed by atoms with van der Waals surface area (Å²) < 4.78 is 4.78. The first-order valence-corrected chi connectivity index (χ1v) is 5.93. The molecule has 2 rings (SSSR count). The number of hydrogen-bond donors (Lipinski definition) is 0. The van der Waals surface area contributed by atoms with Crippen molar-refractivity contribution in [2.45, 2.75) is 13.3 Å². The molecule has 0 aliphatic carbocycles. The molecule has 0 spiro atoms. The number of carbonyl (C=O) groups excluding carboxylic acids is 2. The minimum Gasteiger partial charge on any atom is -0.427 e. The zero-order chi connectivity index (χ0) is 13.9. The van der Waals surface area contributed by atoms with E-state index in [9.17, 15) is 9.59 Å². The lowest BCUT2D eigenvalue weighted by atomic mass is 10.2. The second-order valence-corrected chi connectivity index (χ2v) is 3.76. The lowest BCUT2D eigenvalue weighted by Crippen LogP contribution is -2.00. The van der Waals surface area contributed by atoms with Crippen molar-refractivity contribution in [2.24, 2.45) is 0 Å². The molecule has 0 aromatic heterocycles. The first kappa shape index (κ1) is 14.6. The predicted octanol–water partition coefficient (Wildman–Crippen LogP) is 3.04. The Balaban J connectivity index is 0.000000191. The lowest BCUT2D eigenvalue weighted by Gasteiger charge is -1.97. The van der Waals surface area contributed by atoms with Gasteiger partial charge in [-0.2, -0.15) is 0 Å². The van der Waals surface area contributed by atoms with E-state index in [1.54, 1.807) is 12.1 Å². The van der Waals surface area contributed by atoms with Crippen LogP contribution >= 0.6 is 0 Å². The average Bonchev–Trinajstić information content (AvgIpc) is 2.41. The number of aldehydes is 1. The van der Waals surface area contributed by atoms with E-state index in [1.807, 2.05) is 48.5 Å². The quantitative estimate of drug-likeness (QED) is 0.481. The van der Waals surface area contributed by atoms with Crippen LogP contribution < -0.4 is 4.74 Å². The summed E-state index contributed by atoms with van der Waals surface area (Å²) in [4.78, 5) is 20.4. The summed E-state index contributed by atoms with van der Waals surface area (Å²) in [6, 6.07) is 18.7. The Kier molecular flexibility index (Phi) is 6.66. The second kappa shape index (κ2) is 8.64. The van der Waals surface area contributed by atoms with Crippen LogP contribution in [0.5, 0.6) is 5.75 Å². The van der Waals surface area contributed by atoms with Crippen LogP contribution in [-0.2, 0) is 16.0 Å². The topological polar surface area (TPSA) is 43.4 Å². The predicted molar refractivity (Wildman–Crippen MR) is 74.0 cm³/mol. The average molecular weight is 256 g/mol. The van der Waals surface area contributed by atoms with Gasteiger partial charge >= 0.3 is 5.97 Å². The standard InChI is InChI=1S/C8H8O2.C8H8O/c1-7(9)10-8-5-3-2-4-6-8;9-7-6-8-4-2-1-3-5-8/h2-6H,1H3;1-5,7H,6H2. The van der Waals surface area contributed by atoms with Crippen LogP contribution in [0.1, 0.15) is 12.5 Å². The Labute approximate surface area is 112 Å². The van der Waals surface area contributed by atoms with Gasteiger partial charge in [0, 0.05) is 13.3 Å². The van der Waals surface area contributed by atoms with Gasteiger partial charge in [0.05, 0.1) is 0 Å². The highest BCUT2D eigenvalue weighted by Gasteiger charge is 1.93. The molecule has 0 radical (unpaired) electrons. The fourth-order valence-corrected chi connectivity index (χ4v) is 1.36. The van der Waals surface area contributed by atoms with Crippen LogP contribution in [0, 0.1) is 0 Å². The van der Waals surface area contributed by atoms with Gasteiger partial charge in [0.2, 0.25) is 0 Å². The highest BCUT2D eigenvalue weighted by Crippen LogP contribution is 2.07. The minimum absolute atomic E-state index is 0.286. The molecule has 0 unspecified atom stereocenters. The van der Waals surface area contributed by atoms with E-state index in [-0.39, 0.29) is 5.97 Å². The Morgan fingerprint density at radius 1 is 1.00 bits per heavy atom. The molecule has 0 atom stereocenters. The molecular weight excluding hydrogens is 240 g/mol. The maximum Gasteiger partial charge on any atom is 0.308 e. The number of para-hydroxylation sites is 1. The van der Waals surface area contributed by atoms with Crippen molar-refractivity contribution < 1.29 is 14.3 Å². The molecule has 0 aliphatic rings. The Morgan fingerprint density at radius 3 is 2.00 bits per heavy atom. The molecule has 2 aromatic carbocycles. The molecule has 3 heteroatoms. The third kappa shape index (κ3) is 6.78. The van der Waals surface area contributed by atoms with Crippen molar-refractivity contribution in [3.63, 3.8) is 0 Å². The van der Waals surface area contributed by atoms with Crippen molar-refractivity contribution in [1.29, 1.82) is 0 Å². The number of rotatable bonds is 3. The van der Waals surface area contributed by atoms with Gasteiger partial charge in [-0.25, -0.2) is 0 Å². The Morgan fingerprint density at radius 2 is 1.53 bits per heavy atom. The van der Waals surface area contributed by atoms with E-state index in [2.05, 4.69) is 0 Å². The minimum atomic E-state index is -0.286. The smallest absolute Gasteiger partial charge is 0.308 e. The van der Waals surface area contributed by atoms with Crippen molar-refractivity contribution in [2.75, 3.05) is 0 Å². The number of ether oxygens (including phenoxy) is 1. The zero-order valence-corrected chi connectivity index (χ0v) is 10.8. The van der Waals surface area contributed by atoms with Gasteiger partial charge in [-0.15, -0.1) is 0 Å². The van der Waals surface area contributed by atoms with Gasteiger partial charge in [-0.05, 0) is 17.7 Å². The zero-order valence-electron chi connectivity index (χ0n) is 10.8. The van der Waals surface area contributed by atoms with Crippen molar-refractivity contribution in [3.05, 3.63) is 66.2 Å². The van der Waals surface area contributed by atoms with E-state index in [4.69, 9.17) is 4.74 Å². The number of carbonyl (C=O) groups is 2. The van der Waals surface area contributed by atoms with Gasteiger partial charge in [-0.1, -0.05) is 48.5 Å². The molecule has 19 heavy (non-hydrogen) atoms. The number of benzene rings is 2. The maximum absolute atomic E-state index is 10.4. The van der Waals surface area contributed by atoms with Gasteiger partial charge in [-0.3, -0.25) is 4.79 Å². The monoisotopic (exact) mass is 256 g/mol. The first-order chi connectivity index (χ1) is 9.22. The largest absolute Gasteiger partial charge is 0.427 e. The highest BCUT2D eigenvalue weighted by molar-refractivity contribution is 5.69. The highest BCUT2D eigenvalue weighted by atomic mass is 16.5. The van der Waals surface area contributed by atoms with Gasteiger partial charge in [0.25, 0.3) is 0 Å². The molecule has 0 heterocycles. The van der Waals surface area contributed by atoms with E-state index in [1.165, 1.54) is 6.92 Å². The second-order valence-electron chi connectivity index (χ2n) is 3.76. The summed E-state index contributed by atoms with van der Waals surface area (Å²) in [6.07, 6.45) is 1.44. The van der Waals surface area contributed by atoms with E-state index in [0.29, 0.717) is 12.2 Å². The van der Waals surface area contributed by atoms with Gasteiger partial charge in [0.15, 0.2) is 0 Å². The SMILES string of the molecule is CC(=O)Oc1ccccc1.O=CCc1ccccc1. The molecule has 0 saturated heterocycles. The third-order valence-electron chi connectivity index (χ3n) is 2.17. The maximum atomic E-state index is 10.4. The Bertz CT molecular complexity index is 492. The molecule has 0 bridgehead atoms. The molecular formula is C16H16O3. The van der Waals surface area contributed by atoms with E-state index in [0.717, 1.165) is 11.8 Å². The number of esters is 1. The summed E-state index contributed by atoms with van der Waals surface area (Å²) >= 11 is 0. The van der Waals surface area contributed by atoms with E-state index >= 15 is 0 Å². The van der Waals surface area contributed by atoms with Crippen molar-refractivity contribution in [3.8, 4) is 5.75 Å². The van der Waals surface area contributed by atoms with Crippen LogP contribution in [-0.4, -0.2) is 12.3 Å². The summed E-state index contributed by atoms with van der Waals surface area (Å²) in [5.74, 6) is 0.307. The molecule has 0 fully saturated rings. The summed E-state index contributed by atoms with van der Waals surface area (Å²) in [6.45, 7) is 1.38. The molecule has 2 aromatic rings. The molecule has 0 amide bonds.